The van der Waals surface area contributed by atoms with Gasteiger partial charge >= 0.3 is 0 Å². The third-order valence-corrected chi connectivity index (χ3v) is 14.3. The first-order valence-electron chi connectivity index (χ1n) is 21.2. The van der Waals surface area contributed by atoms with Crippen LogP contribution in [0.2, 0.25) is 0 Å². The molecule has 5 nitrogen and oxygen atoms in total. The van der Waals surface area contributed by atoms with Gasteiger partial charge in [0.05, 0.1) is 22.1 Å². The lowest BCUT2D eigenvalue weighted by molar-refractivity contribution is 0.487. The second-order valence-electron chi connectivity index (χ2n) is 17.1. The highest BCUT2D eigenvalue weighted by Crippen LogP contribution is 2.43. The van der Waals surface area contributed by atoms with Crippen LogP contribution in [0.5, 0.6) is 23.0 Å². The molecular weight excluding hydrogens is 744 g/mol. The topological polar surface area (TPSA) is 33.2 Å². The number of fused-ring (bicyclic) bond motifs is 17. The molecule has 0 N–H and O–H groups in total. The molecule has 278 valence electrons. The second kappa shape index (κ2) is 10.6. The van der Waals surface area contributed by atoms with Crippen molar-refractivity contribution in [3.63, 3.8) is 0 Å². The third kappa shape index (κ3) is 3.62. The van der Waals surface area contributed by atoms with Crippen LogP contribution in [0.15, 0.2) is 176 Å². The molecule has 61 heavy (non-hydrogen) atoms. The molecule has 4 aliphatic heterocycles. The minimum Gasteiger partial charge on any atom is -0.458 e. The van der Waals surface area contributed by atoms with Crippen LogP contribution in [0.3, 0.4) is 0 Å². The molecule has 0 fully saturated rings. The smallest absolute Gasteiger partial charge is 0.256 e. The van der Waals surface area contributed by atoms with Gasteiger partial charge in [-0.3, -0.25) is 0 Å². The summed E-state index contributed by atoms with van der Waals surface area (Å²) in [6, 6.07) is 64.6. The van der Waals surface area contributed by atoms with Crippen LogP contribution in [0.25, 0.3) is 82.5 Å². The van der Waals surface area contributed by atoms with Crippen molar-refractivity contribution in [2.75, 3.05) is 0 Å². The van der Waals surface area contributed by atoms with E-state index in [0.717, 1.165) is 39.7 Å². The Labute approximate surface area is 349 Å². The van der Waals surface area contributed by atoms with Crippen LogP contribution >= 0.6 is 0 Å². The van der Waals surface area contributed by atoms with E-state index >= 15 is 0 Å². The molecule has 12 aromatic rings. The number of para-hydroxylation sites is 5. The molecule has 16 rings (SSSR count). The Morgan fingerprint density at radius 2 is 0.770 bits per heavy atom. The van der Waals surface area contributed by atoms with E-state index < -0.39 is 0 Å². The van der Waals surface area contributed by atoms with Gasteiger partial charge in [-0.25, -0.2) is 0 Å². The highest BCUT2D eigenvalue weighted by atomic mass is 16.5. The van der Waals surface area contributed by atoms with Crippen LogP contribution in [-0.4, -0.2) is 27.1 Å². The van der Waals surface area contributed by atoms with Gasteiger partial charge in [0.1, 0.15) is 23.0 Å². The zero-order valence-electron chi connectivity index (χ0n) is 32.6. The van der Waals surface area contributed by atoms with E-state index in [1.807, 2.05) is 0 Å². The van der Waals surface area contributed by atoms with E-state index in [9.17, 15) is 0 Å². The predicted molar refractivity (Wildman–Crippen MR) is 252 cm³/mol. The van der Waals surface area contributed by atoms with Gasteiger partial charge in [0, 0.05) is 72.5 Å². The van der Waals surface area contributed by atoms with E-state index in [-0.39, 0.29) is 13.4 Å². The summed E-state index contributed by atoms with van der Waals surface area (Å²) >= 11 is 0. The summed E-state index contributed by atoms with van der Waals surface area (Å²) in [5.41, 5.74) is 18.1. The Bertz CT molecular complexity index is 3790. The Morgan fingerprint density at radius 3 is 1.30 bits per heavy atom. The molecule has 0 spiro atoms. The van der Waals surface area contributed by atoms with Crippen molar-refractivity contribution >= 4 is 112 Å². The van der Waals surface area contributed by atoms with Gasteiger partial charge in [0.25, 0.3) is 13.4 Å². The lowest BCUT2D eigenvalue weighted by Crippen LogP contribution is -2.58. The first kappa shape index (κ1) is 31.1. The quantitative estimate of drug-likeness (QED) is 0.156. The van der Waals surface area contributed by atoms with Crippen LogP contribution in [0.1, 0.15) is 0 Å². The molecule has 9 aromatic carbocycles. The number of nitrogens with zero attached hydrogens (tertiary/aromatic N) is 3. The van der Waals surface area contributed by atoms with Crippen molar-refractivity contribution in [3.05, 3.63) is 176 Å². The summed E-state index contributed by atoms with van der Waals surface area (Å²) in [5.74, 6) is 3.62. The number of hydrogen-bond acceptors (Lipinski definition) is 2. The predicted octanol–water partition coefficient (Wildman–Crippen LogP) is 8.85. The molecule has 0 saturated heterocycles. The molecule has 7 heteroatoms. The van der Waals surface area contributed by atoms with Crippen LogP contribution in [0.4, 0.5) is 0 Å². The Morgan fingerprint density at radius 1 is 0.311 bits per heavy atom. The average molecular weight is 773 g/mol. The van der Waals surface area contributed by atoms with Crippen molar-refractivity contribution in [2.24, 2.45) is 0 Å². The summed E-state index contributed by atoms with van der Waals surface area (Å²) in [5, 5.41) is 7.51. The summed E-state index contributed by atoms with van der Waals surface area (Å²) in [4.78, 5) is 0. The maximum atomic E-state index is 7.05. The van der Waals surface area contributed by atoms with Crippen molar-refractivity contribution in [1.29, 1.82) is 0 Å². The molecule has 4 aliphatic rings. The first-order chi connectivity index (χ1) is 30.3. The molecule has 0 bridgehead atoms. The monoisotopic (exact) mass is 773 g/mol. The maximum absolute atomic E-state index is 7.05. The van der Waals surface area contributed by atoms with Gasteiger partial charge in [-0.05, 0) is 81.3 Å². The fourth-order valence-electron chi connectivity index (χ4n) is 12.0. The van der Waals surface area contributed by atoms with Crippen molar-refractivity contribution < 1.29 is 9.47 Å². The number of benzene rings is 9. The molecule has 0 atom stereocenters. The fourth-order valence-corrected chi connectivity index (χ4v) is 12.0. The molecule has 0 amide bonds. The molecule has 0 radical (unpaired) electrons. The van der Waals surface area contributed by atoms with Crippen LogP contribution in [-0.2, 0) is 0 Å². The van der Waals surface area contributed by atoms with E-state index in [1.165, 1.54) is 98.5 Å². The summed E-state index contributed by atoms with van der Waals surface area (Å²) in [6.45, 7) is 0.00602. The largest absolute Gasteiger partial charge is 0.458 e. The van der Waals surface area contributed by atoms with E-state index in [0.29, 0.717) is 0 Å². The van der Waals surface area contributed by atoms with Gasteiger partial charge in [0.15, 0.2) is 0 Å². The second-order valence-corrected chi connectivity index (χ2v) is 17.1. The van der Waals surface area contributed by atoms with Gasteiger partial charge < -0.3 is 23.2 Å². The van der Waals surface area contributed by atoms with E-state index in [2.05, 4.69) is 190 Å². The normalized spacial score (nSPS) is 13.8. The third-order valence-electron chi connectivity index (χ3n) is 14.3. The lowest BCUT2D eigenvalue weighted by atomic mass is 9.34. The minimum absolute atomic E-state index is 0.00301. The van der Waals surface area contributed by atoms with Crippen LogP contribution < -0.4 is 42.3 Å². The standard InChI is InChI=1S/C54H29B2N3O2/c1-2-12-30(13-3-1)57-45-28-49-39(55-37-18-8-16-33-31-14-4-6-20-41(31)58(53(33)37)43-22-10-24-47(60-49)51(43)55)26-35(45)36-27-40-50(29-46(36)57)61-48-25-11-23-44-52(48)56(40)38-19-9-17-34-32-15-5-7-21-42(32)59(44)54(34)38/h1-29H. The SMILES string of the molecule is c1ccc(-n2c3cc4c(cc3c3cc5c(cc32)Oc2cccc3c2B5c2cccc5c6ccccc6n-3c25)B2c3c(cccc3-n3c5ccccc5c5cccc2c53)O4)cc1. The van der Waals surface area contributed by atoms with Gasteiger partial charge in [-0.1, -0.05) is 115 Å². The van der Waals surface area contributed by atoms with Gasteiger partial charge in [0.2, 0.25) is 0 Å². The Kier molecular flexibility index (Phi) is 5.42. The number of aromatic nitrogens is 3. The highest BCUT2D eigenvalue weighted by Gasteiger charge is 2.43. The number of ether oxygens (including phenoxy) is 2. The van der Waals surface area contributed by atoms with Crippen molar-refractivity contribution in [3.8, 4) is 40.1 Å². The Hall–Kier alpha value is -7.89. The zero-order chi connectivity index (χ0) is 39.2. The van der Waals surface area contributed by atoms with E-state index in [1.54, 1.807) is 0 Å². The average Bonchev–Trinajstić information content (AvgIpc) is 3.94. The first-order valence-corrected chi connectivity index (χ1v) is 21.2. The molecule has 0 aliphatic carbocycles. The molecule has 7 heterocycles. The molecule has 0 unspecified atom stereocenters. The fraction of sp³-hybridized carbons (Fsp3) is 0. The number of hydrogen-bond donors (Lipinski definition) is 0. The minimum atomic E-state index is 0.00301. The molecule has 3 aromatic heterocycles. The van der Waals surface area contributed by atoms with Crippen molar-refractivity contribution in [2.45, 2.75) is 0 Å². The van der Waals surface area contributed by atoms with E-state index in [4.69, 9.17) is 9.47 Å². The zero-order valence-corrected chi connectivity index (χ0v) is 32.6. The summed E-state index contributed by atoms with van der Waals surface area (Å²) in [6.07, 6.45) is 0. The van der Waals surface area contributed by atoms with Crippen LogP contribution in [0, 0.1) is 0 Å². The lowest BCUT2D eigenvalue weighted by Gasteiger charge is -2.33. The summed E-state index contributed by atoms with van der Waals surface area (Å²) in [7, 11) is 0. The van der Waals surface area contributed by atoms with Gasteiger partial charge in [-0.15, -0.1) is 0 Å². The molecule has 0 saturated carbocycles. The number of rotatable bonds is 1. The summed E-state index contributed by atoms with van der Waals surface area (Å²) < 4.78 is 21.4. The Balaban J connectivity index is 1.01. The van der Waals surface area contributed by atoms with Gasteiger partial charge in [-0.2, -0.15) is 0 Å². The highest BCUT2D eigenvalue weighted by molar-refractivity contribution is 7.00. The molecular formula is C54H29B2N3O2. The maximum Gasteiger partial charge on any atom is 0.256 e. The van der Waals surface area contributed by atoms with Crippen molar-refractivity contribution in [1.82, 2.24) is 13.7 Å².